The van der Waals surface area contributed by atoms with Gasteiger partial charge in [0.25, 0.3) is 5.91 Å². The van der Waals surface area contributed by atoms with Gasteiger partial charge in [0, 0.05) is 36.3 Å². The van der Waals surface area contributed by atoms with Gasteiger partial charge >= 0.3 is 0 Å². The van der Waals surface area contributed by atoms with Crippen molar-refractivity contribution in [3.63, 3.8) is 0 Å². The maximum atomic E-state index is 12.5. The molecular weight excluding hydrogens is 352 g/mol. The highest BCUT2D eigenvalue weighted by molar-refractivity contribution is 7.98. The van der Waals surface area contributed by atoms with Gasteiger partial charge < -0.3 is 10.2 Å². The second-order valence-corrected chi connectivity index (χ2v) is 7.11. The molecule has 0 aliphatic carbocycles. The first-order valence-corrected chi connectivity index (χ1v) is 9.19. The average Bonchev–Trinajstić information content (AvgIpc) is 2.58. The number of likely N-dealkylation sites (N-methyl/N-ethyl adjacent to an activating group) is 2. The van der Waals surface area contributed by atoms with Crippen LogP contribution in [-0.4, -0.2) is 38.0 Å². The highest BCUT2D eigenvalue weighted by Crippen LogP contribution is 2.27. The fraction of sp³-hybridized carbons (Fsp3) is 0.350. The third-order valence-corrected chi connectivity index (χ3v) is 5.19. The molecule has 0 heterocycles. The van der Waals surface area contributed by atoms with Crippen LogP contribution in [0, 0.1) is 13.8 Å². The van der Waals surface area contributed by atoms with E-state index in [4.69, 9.17) is 0 Å². The summed E-state index contributed by atoms with van der Waals surface area (Å²) in [6.07, 6.45) is 0. The quantitative estimate of drug-likeness (QED) is 0.728. The third kappa shape index (κ3) is 6.38. The molecule has 0 bridgehead atoms. The van der Waals surface area contributed by atoms with Gasteiger partial charge in [-0.05, 0) is 50.2 Å². The second-order valence-electron chi connectivity index (χ2n) is 6.09. The number of carbonyl (C=O) groups excluding carboxylic acids is 1. The first-order valence-electron chi connectivity index (χ1n) is 8.20. The Balaban J connectivity index is 0.00000312. The van der Waals surface area contributed by atoms with Gasteiger partial charge in [0.1, 0.15) is 0 Å². The minimum absolute atomic E-state index is 0. The number of aryl methyl sites for hydroxylation is 2. The predicted octanol–water partition coefficient (Wildman–Crippen LogP) is 4.31. The van der Waals surface area contributed by atoms with E-state index in [1.165, 1.54) is 21.6 Å². The fourth-order valence-electron chi connectivity index (χ4n) is 2.52. The molecule has 0 aliphatic heterocycles. The Labute approximate surface area is 161 Å². The van der Waals surface area contributed by atoms with Gasteiger partial charge in [0.2, 0.25) is 0 Å². The molecule has 0 radical (unpaired) electrons. The molecule has 136 valence electrons. The third-order valence-electron chi connectivity index (χ3n) is 3.94. The van der Waals surface area contributed by atoms with Crippen molar-refractivity contribution in [1.29, 1.82) is 0 Å². The van der Waals surface area contributed by atoms with E-state index in [1.54, 1.807) is 4.90 Å². The molecule has 2 aromatic carbocycles. The van der Waals surface area contributed by atoms with E-state index >= 15 is 0 Å². The standard InChI is InChI=1S/C20H26N2OS.ClH/c1-15-8-9-19(16(2)12-15)24-14-17-6-5-7-18(13-17)20(23)22(4)11-10-21-3;/h5-9,12-13,21H,10-11,14H2,1-4H3;1H. The van der Waals surface area contributed by atoms with Crippen molar-refractivity contribution in [3.8, 4) is 0 Å². The summed E-state index contributed by atoms with van der Waals surface area (Å²) in [7, 11) is 3.74. The number of thioether (sulfide) groups is 1. The zero-order chi connectivity index (χ0) is 17.5. The lowest BCUT2D eigenvalue weighted by Crippen LogP contribution is -2.32. The second kappa shape index (κ2) is 10.5. The van der Waals surface area contributed by atoms with Crippen LogP contribution < -0.4 is 5.32 Å². The Bertz CT molecular complexity index is 706. The largest absolute Gasteiger partial charge is 0.340 e. The molecule has 25 heavy (non-hydrogen) atoms. The summed E-state index contributed by atoms with van der Waals surface area (Å²) in [5.74, 6) is 0.939. The molecule has 0 spiro atoms. The molecule has 0 aliphatic rings. The summed E-state index contributed by atoms with van der Waals surface area (Å²) in [6.45, 7) is 5.76. The van der Waals surface area contributed by atoms with E-state index in [1.807, 2.05) is 44.1 Å². The maximum absolute atomic E-state index is 12.5. The number of halogens is 1. The maximum Gasteiger partial charge on any atom is 0.253 e. The van der Waals surface area contributed by atoms with Gasteiger partial charge in [0.05, 0.1) is 0 Å². The molecule has 0 unspecified atom stereocenters. The van der Waals surface area contributed by atoms with Gasteiger partial charge in [-0.25, -0.2) is 0 Å². The van der Waals surface area contributed by atoms with Crippen LogP contribution in [0.5, 0.6) is 0 Å². The molecule has 1 amide bonds. The molecule has 2 aromatic rings. The molecule has 3 nitrogen and oxygen atoms in total. The van der Waals surface area contributed by atoms with Crippen LogP contribution in [0.1, 0.15) is 27.0 Å². The van der Waals surface area contributed by atoms with E-state index in [0.29, 0.717) is 6.54 Å². The predicted molar refractivity (Wildman–Crippen MR) is 110 cm³/mol. The van der Waals surface area contributed by atoms with Crippen molar-refractivity contribution in [1.82, 2.24) is 10.2 Å². The molecule has 0 saturated carbocycles. The number of nitrogens with one attached hydrogen (secondary N) is 1. The zero-order valence-electron chi connectivity index (χ0n) is 15.3. The Hall–Kier alpha value is -1.49. The van der Waals surface area contributed by atoms with E-state index in [9.17, 15) is 4.79 Å². The van der Waals surface area contributed by atoms with Crippen molar-refractivity contribution in [2.45, 2.75) is 24.5 Å². The molecular formula is C20H27ClN2OS. The monoisotopic (exact) mass is 378 g/mol. The normalized spacial score (nSPS) is 10.2. The van der Waals surface area contributed by atoms with Crippen LogP contribution in [-0.2, 0) is 5.75 Å². The summed E-state index contributed by atoms with van der Waals surface area (Å²) in [4.78, 5) is 15.5. The highest BCUT2D eigenvalue weighted by atomic mass is 35.5. The Morgan fingerprint density at radius 3 is 2.60 bits per heavy atom. The number of carbonyl (C=O) groups is 1. The summed E-state index contributed by atoms with van der Waals surface area (Å²) in [6, 6.07) is 14.5. The fourth-order valence-corrected chi connectivity index (χ4v) is 3.47. The summed E-state index contributed by atoms with van der Waals surface area (Å²) in [5.41, 5.74) is 4.52. The lowest BCUT2D eigenvalue weighted by Gasteiger charge is -2.17. The van der Waals surface area contributed by atoms with Crippen molar-refractivity contribution in [3.05, 3.63) is 64.7 Å². The smallest absolute Gasteiger partial charge is 0.253 e. The van der Waals surface area contributed by atoms with Crippen molar-refractivity contribution >= 4 is 30.1 Å². The number of amides is 1. The summed E-state index contributed by atoms with van der Waals surface area (Å²) >= 11 is 1.82. The first-order chi connectivity index (χ1) is 11.5. The van der Waals surface area contributed by atoms with Gasteiger partial charge in [-0.2, -0.15) is 0 Å². The number of nitrogens with zero attached hydrogens (tertiary/aromatic N) is 1. The average molecular weight is 379 g/mol. The van der Waals surface area contributed by atoms with E-state index in [-0.39, 0.29) is 18.3 Å². The SMILES string of the molecule is CNCCN(C)C(=O)c1cccc(CSc2ccc(C)cc2C)c1.Cl. The van der Waals surface area contributed by atoms with Crippen LogP contribution in [0.3, 0.4) is 0 Å². The van der Waals surface area contributed by atoms with E-state index < -0.39 is 0 Å². The van der Waals surface area contributed by atoms with Gasteiger partial charge in [0.15, 0.2) is 0 Å². The lowest BCUT2D eigenvalue weighted by atomic mass is 10.1. The topological polar surface area (TPSA) is 32.3 Å². The number of rotatable bonds is 7. The van der Waals surface area contributed by atoms with Crippen molar-refractivity contribution in [2.24, 2.45) is 0 Å². The van der Waals surface area contributed by atoms with E-state index in [0.717, 1.165) is 17.9 Å². The van der Waals surface area contributed by atoms with Crippen molar-refractivity contribution in [2.75, 3.05) is 27.2 Å². The molecule has 0 saturated heterocycles. The molecule has 2 rings (SSSR count). The van der Waals surface area contributed by atoms with Crippen LogP contribution in [0.15, 0.2) is 47.4 Å². The highest BCUT2D eigenvalue weighted by Gasteiger charge is 2.11. The minimum atomic E-state index is 0. The van der Waals surface area contributed by atoms with Crippen molar-refractivity contribution < 1.29 is 4.79 Å². The van der Waals surface area contributed by atoms with Crippen LogP contribution in [0.4, 0.5) is 0 Å². The summed E-state index contributed by atoms with van der Waals surface area (Å²) < 4.78 is 0. The zero-order valence-corrected chi connectivity index (χ0v) is 17.0. The molecule has 0 fully saturated rings. The van der Waals surface area contributed by atoms with Crippen LogP contribution in [0.25, 0.3) is 0 Å². The number of benzene rings is 2. The Morgan fingerprint density at radius 1 is 1.16 bits per heavy atom. The minimum Gasteiger partial charge on any atom is -0.340 e. The van der Waals surface area contributed by atoms with Crippen LogP contribution >= 0.6 is 24.2 Å². The summed E-state index contributed by atoms with van der Waals surface area (Å²) in [5, 5.41) is 3.07. The molecule has 0 atom stereocenters. The van der Waals surface area contributed by atoms with Crippen LogP contribution in [0.2, 0.25) is 0 Å². The Morgan fingerprint density at radius 2 is 1.92 bits per heavy atom. The van der Waals surface area contributed by atoms with Gasteiger partial charge in [-0.3, -0.25) is 4.79 Å². The molecule has 0 aromatic heterocycles. The van der Waals surface area contributed by atoms with Gasteiger partial charge in [-0.15, -0.1) is 24.2 Å². The first kappa shape index (κ1) is 21.6. The Kier molecular flexibility index (Phi) is 9.04. The van der Waals surface area contributed by atoms with E-state index in [2.05, 4.69) is 43.4 Å². The lowest BCUT2D eigenvalue weighted by molar-refractivity contribution is 0.0797. The molecule has 1 N–H and O–H groups in total. The molecule has 5 heteroatoms. The number of hydrogen-bond acceptors (Lipinski definition) is 3. The number of hydrogen-bond donors (Lipinski definition) is 1. The van der Waals surface area contributed by atoms with Gasteiger partial charge in [-0.1, -0.05) is 29.8 Å².